The fraction of sp³-hybridized carbons (Fsp3) is 0.429. The number of nitrogens with one attached hydrogen (secondary N) is 2. The molecule has 3 N–H and O–H groups in total. The molecule has 0 heterocycles. The van der Waals surface area contributed by atoms with E-state index in [9.17, 15) is 14.0 Å². The number of hydrogen-bond donors (Lipinski definition) is 3. The van der Waals surface area contributed by atoms with Gasteiger partial charge in [-0.15, -0.1) is 0 Å². The minimum atomic E-state index is -0.908. The molecule has 20 heavy (non-hydrogen) atoms. The lowest BCUT2D eigenvalue weighted by molar-refractivity contribution is -0.137. The minimum absolute atomic E-state index is 0.0249. The summed E-state index contributed by atoms with van der Waals surface area (Å²) in [5, 5.41) is 13.9. The highest BCUT2D eigenvalue weighted by Gasteiger charge is 2.21. The molecule has 0 aliphatic carbocycles. The molecule has 0 radical (unpaired) electrons. The second-order valence-corrected chi connectivity index (χ2v) is 5.32. The van der Waals surface area contributed by atoms with Crippen LogP contribution in [0.3, 0.4) is 0 Å². The first-order valence-electron chi connectivity index (χ1n) is 6.27. The largest absolute Gasteiger partial charge is 0.481 e. The van der Waals surface area contributed by atoms with Gasteiger partial charge in [-0.2, -0.15) is 0 Å². The molecular formula is C14H19FN2O3. The van der Waals surface area contributed by atoms with E-state index in [0.29, 0.717) is 17.7 Å². The Balaban J connectivity index is 2.58. The van der Waals surface area contributed by atoms with Gasteiger partial charge in [0.2, 0.25) is 0 Å². The number of rotatable bonds is 5. The maximum atomic E-state index is 13.1. The van der Waals surface area contributed by atoms with Gasteiger partial charge in [-0.3, -0.25) is 4.79 Å². The van der Waals surface area contributed by atoms with E-state index in [2.05, 4.69) is 10.6 Å². The number of amides is 2. The van der Waals surface area contributed by atoms with Gasteiger partial charge in [0.15, 0.2) is 0 Å². The smallest absolute Gasteiger partial charge is 0.319 e. The van der Waals surface area contributed by atoms with E-state index < -0.39 is 17.5 Å². The van der Waals surface area contributed by atoms with Crippen LogP contribution in [0.15, 0.2) is 18.2 Å². The summed E-state index contributed by atoms with van der Waals surface area (Å²) in [6.07, 6.45) is 0.293. The fourth-order valence-corrected chi connectivity index (χ4v) is 1.67. The number of benzene rings is 1. The van der Waals surface area contributed by atoms with Crippen LogP contribution >= 0.6 is 0 Å². The first-order chi connectivity index (χ1) is 9.19. The number of carboxylic acids is 1. The van der Waals surface area contributed by atoms with Gasteiger partial charge in [0.05, 0.1) is 0 Å². The van der Waals surface area contributed by atoms with Gasteiger partial charge in [0, 0.05) is 17.6 Å². The molecule has 0 spiro atoms. The summed E-state index contributed by atoms with van der Waals surface area (Å²) in [5.41, 5.74) is 0.278. The minimum Gasteiger partial charge on any atom is -0.481 e. The molecule has 110 valence electrons. The Morgan fingerprint density at radius 1 is 1.35 bits per heavy atom. The van der Waals surface area contributed by atoms with Gasteiger partial charge < -0.3 is 15.7 Å². The third kappa shape index (κ3) is 5.26. The SMILES string of the molecule is Cc1cc(NC(=O)NC(C)(C)CCC(=O)O)ccc1F. The molecule has 0 fully saturated rings. The normalized spacial score (nSPS) is 11.0. The number of halogens is 1. The standard InChI is InChI=1S/C14H19FN2O3/c1-9-8-10(4-5-11(9)15)16-13(20)17-14(2,3)7-6-12(18)19/h4-5,8H,6-7H2,1-3H3,(H,18,19)(H2,16,17,20). The van der Waals surface area contributed by atoms with E-state index in [0.717, 1.165) is 0 Å². The van der Waals surface area contributed by atoms with E-state index in [-0.39, 0.29) is 12.2 Å². The summed E-state index contributed by atoms with van der Waals surface area (Å²) in [6, 6.07) is 3.82. The highest BCUT2D eigenvalue weighted by atomic mass is 19.1. The topological polar surface area (TPSA) is 78.4 Å². The Bertz CT molecular complexity index is 515. The molecular weight excluding hydrogens is 263 g/mol. The molecule has 0 saturated carbocycles. The average molecular weight is 282 g/mol. The van der Waals surface area contributed by atoms with Crippen molar-refractivity contribution in [3.8, 4) is 0 Å². The lowest BCUT2D eigenvalue weighted by Gasteiger charge is -2.25. The Labute approximate surface area is 117 Å². The Morgan fingerprint density at radius 3 is 2.55 bits per heavy atom. The molecule has 0 saturated heterocycles. The van der Waals surface area contributed by atoms with Crippen LogP contribution in [0.5, 0.6) is 0 Å². The van der Waals surface area contributed by atoms with Crippen molar-refractivity contribution in [3.63, 3.8) is 0 Å². The number of anilines is 1. The van der Waals surface area contributed by atoms with Crippen molar-refractivity contribution in [1.29, 1.82) is 0 Å². The number of urea groups is 1. The number of hydrogen-bond acceptors (Lipinski definition) is 2. The van der Waals surface area contributed by atoms with Crippen molar-refractivity contribution in [2.45, 2.75) is 39.2 Å². The van der Waals surface area contributed by atoms with Crippen molar-refractivity contribution >= 4 is 17.7 Å². The molecule has 0 atom stereocenters. The zero-order valence-electron chi connectivity index (χ0n) is 11.8. The molecule has 1 rings (SSSR count). The summed E-state index contributed by atoms with van der Waals surface area (Å²) < 4.78 is 13.1. The number of carboxylic acid groups (broad SMARTS) is 1. The van der Waals surface area contributed by atoms with Gasteiger partial charge >= 0.3 is 12.0 Å². The zero-order chi connectivity index (χ0) is 15.3. The predicted molar refractivity (Wildman–Crippen MR) is 74.2 cm³/mol. The second-order valence-electron chi connectivity index (χ2n) is 5.32. The molecule has 2 amide bonds. The van der Waals surface area contributed by atoms with Crippen LogP contribution < -0.4 is 10.6 Å². The molecule has 0 unspecified atom stereocenters. The van der Waals surface area contributed by atoms with Crippen molar-refractivity contribution in [2.24, 2.45) is 0 Å². The lowest BCUT2D eigenvalue weighted by Crippen LogP contribution is -2.45. The van der Waals surface area contributed by atoms with E-state index in [1.807, 2.05) is 0 Å². The molecule has 1 aromatic carbocycles. The third-order valence-electron chi connectivity index (χ3n) is 2.83. The van der Waals surface area contributed by atoms with Crippen molar-refractivity contribution in [1.82, 2.24) is 5.32 Å². The van der Waals surface area contributed by atoms with Gasteiger partial charge in [-0.1, -0.05) is 0 Å². The zero-order valence-corrected chi connectivity index (χ0v) is 11.8. The summed E-state index contributed by atoms with van der Waals surface area (Å²) in [5.74, 6) is -1.24. The highest BCUT2D eigenvalue weighted by Crippen LogP contribution is 2.15. The quantitative estimate of drug-likeness (QED) is 0.777. The molecule has 0 aliphatic heterocycles. The molecule has 0 bridgehead atoms. The summed E-state index contributed by atoms with van der Waals surface area (Å²) in [4.78, 5) is 22.3. The van der Waals surface area contributed by atoms with Gasteiger partial charge in [-0.25, -0.2) is 9.18 Å². The maximum Gasteiger partial charge on any atom is 0.319 e. The van der Waals surface area contributed by atoms with Gasteiger partial charge in [0.25, 0.3) is 0 Å². The van der Waals surface area contributed by atoms with Crippen LogP contribution in [0.2, 0.25) is 0 Å². The van der Waals surface area contributed by atoms with Crippen molar-refractivity contribution < 1.29 is 19.1 Å². The van der Waals surface area contributed by atoms with E-state index in [1.165, 1.54) is 18.2 Å². The maximum absolute atomic E-state index is 13.1. The Morgan fingerprint density at radius 2 is 2.00 bits per heavy atom. The average Bonchev–Trinajstić information content (AvgIpc) is 2.31. The van der Waals surface area contributed by atoms with Crippen molar-refractivity contribution in [2.75, 3.05) is 5.32 Å². The van der Waals surface area contributed by atoms with E-state index in [4.69, 9.17) is 5.11 Å². The molecule has 0 aliphatic rings. The number of aliphatic carboxylic acids is 1. The number of carbonyl (C=O) groups is 2. The van der Waals surface area contributed by atoms with Gasteiger partial charge in [0.1, 0.15) is 5.82 Å². The Kier molecular flexibility index (Phi) is 5.07. The van der Waals surface area contributed by atoms with Crippen LogP contribution in [0.25, 0.3) is 0 Å². The molecule has 6 heteroatoms. The summed E-state index contributed by atoms with van der Waals surface area (Å²) in [6.45, 7) is 5.09. The molecule has 5 nitrogen and oxygen atoms in total. The molecule has 1 aromatic rings. The number of aryl methyl sites for hydroxylation is 1. The van der Waals surface area contributed by atoms with Gasteiger partial charge in [-0.05, 0) is 51.0 Å². The first kappa shape index (κ1) is 15.9. The van der Waals surface area contributed by atoms with Crippen LogP contribution in [-0.2, 0) is 4.79 Å². The second kappa shape index (κ2) is 6.36. The first-order valence-corrected chi connectivity index (χ1v) is 6.27. The third-order valence-corrected chi connectivity index (χ3v) is 2.83. The van der Waals surface area contributed by atoms with Crippen LogP contribution in [-0.4, -0.2) is 22.6 Å². The monoisotopic (exact) mass is 282 g/mol. The van der Waals surface area contributed by atoms with E-state index in [1.54, 1.807) is 20.8 Å². The highest BCUT2D eigenvalue weighted by molar-refractivity contribution is 5.89. The lowest BCUT2D eigenvalue weighted by atomic mass is 9.99. The van der Waals surface area contributed by atoms with Crippen molar-refractivity contribution in [3.05, 3.63) is 29.6 Å². The predicted octanol–water partition coefficient (Wildman–Crippen LogP) is 2.90. The summed E-state index contributed by atoms with van der Waals surface area (Å²) in [7, 11) is 0. The van der Waals surface area contributed by atoms with E-state index >= 15 is 0 Å². The summed E-state index contributed by atoms with van der Waals surface area (Å²) >= 11 is 0. The van der Waals surface area contributed by atoms with Crippen LogP contribution in [0, 0.1) is 12.7 Å². The fourth-order valence-electron chi connectivity index (χ4n) is 1.67. The van der Waals surface area contributed by atoms with Crippen LogP contribution in [0.4, 0.5) is 14.9 Å². The van der Waals surface area contributed by atoms with Crippen LogP contribution in [0.1, 0.15) is 32.3 Å². The molecule has 0 aromatic heterocycles. The Hall–Kier alpha value is -2.11. The number of carbonyl (C=O) groups excluding carboxylic acids is 1.